The second-order valence-corrected chi connectivity index (χ2v) is 10.6. The fourth-order valence-electron chi connectivity index (χ4n) is 3.53. The molecule has 0 N–H and O–H groups in total. The molecule has 0 heterocycles. The molecule has 0 aliphatic heterocycles. The van der Waals surface area contributed by atoms with Crippen LogP contribution >= 0.6 is 23.2 Å². The molecular weight excluding hydrogens is 490 g/mol. The normalized spacial score (nSPS) is 11.0. The number of hydrogen-bond donors (Lipinski definition) is 0. The van der Waals surface area contributed by atoms with E-state index < -0.39 is 10.4 Å². The Morgan fingerprint density at radius 2 is 0.697 bits per heavy atom. The van der Waals surface area contributed by atoms with Crippen LogP contribution in [0.3, 0.4) is 0 Å². The van der Waals surface area contributed by atoms with Gasteiger partial charge in [0.2, 0.25) is 0 Å². The predicted octanol–water partition coefficient (Wildman–Crippen LogP) is 8.88. The van der Waals surface area contributed by atoms with Crippen molar-refractivity contribution in [3.05, 3.63) is 0 Å². The van der Waals surface area contributed by atoms with E-state index in [9.17, 15) is 8.42 Å². The molecular formula is C25H53Cl2NaO4S. The van der Waals surface area contributed by atoms with Gasteiger partial charge in [0.25, 0.3) is 0 Å². The molecule has 198 valence electrons. The summed E-state index contributed by atoms with van der Waals surface area (Å²) in [5, 5.41) is 0.194. The molecule has 0 rings (SSSR count). The molecule has 0 fully saturated rings. The Bertz CT molecular complexity index is 408. The maximum atomic E-state index is 11.7. The standard InChI is InChI=1S/C24H50O4S.CH2Cl2.Na.H/c1-3-5-7-9-11-13-15-17-19-21-23-27-29(25,26)28-24-22-20-18-16-14-12-10-8-6-4-2;2-1-3;;/h3-24H2,1-2H3;1H2;;. The van der Waals surface area contributed by atoms with E-state index in [1.165, 1.54) is 89.9 Å². The third kappa shape index (κ3) is 38.1. The van der Waals surface area contributed by atoms with Crippen molar-refractivity contribution in [1.29, 1.82) is 0 Å². The molecule has 33 heavy (non-hydrogen) atoms. The van der Waals surface area contributed by atoms with E-state index in [1.54, 1.807) is 0 Å². The molecule has 8 heteroatoms. The zero-order valence-electron chi connectivity index (χ0n) is 21.1. The SMILES string of the molecule is CCCCCCCCCCCCOS(=O)(=O)OCCCCCCCCCCCC.ClCCl.[NaH]. The van der Waals surface area contributed by atoms with Gasteiger partial charge < -0.3 is 0 Å². The molecule has 0 aromatic heterocycles. The third-order valence-electron chi connectivity index (χ3n) is 5.45. The Morgan fingerprint density at radius 3 is 0.939 bits per heavy atom. The molecule has 0 saturated heterocycles. The van der Waals surface area contributed by atoms with Crippen LogP contribution in [0.5, 0.6) is 0 Å². The van der Waals surface area contributed by atoms with E-state index in [-0.39, 0.29) is 48.1 Å². The summed E-state index contributed by atoms with van der Waals surface area (Å²) in [6.45, 7) is 4.98. The van der Waals surface area contributed by atoms with Gasteiger partial charge in [-0.1, -0.05) is 129 Å². The van der Waals surface area contributed by atoms with E-state index >= 15 is 0 Å². The monoisotopic (exact) mass is 542 g/mol. The van der Waals surface area contributed by atoms with Crippen LogP contribution in [0.1, 0.15) is 142 Å². The van der Waals surface area contributed by atoms with Gasteiger partial charge in [0.05, 0.1) is 18.6 Å². The molecule has 0 saturated carbocycles. The average molecular weight is 544 g/mol. The minimum absolute atomic E-state index is 0. The van der Waals surface area contributed by atoms with Gasteiger partial charge in [0.15, 0.2) is 0 Å². The van der Waals surface area contributed by atoms with Crippen molar-refractivity contribution in [2.75, 3.05) is 18.6 Å². The van der Waals surface area contributed by atoms with Crippen molar-refractivity contribution < 1.29 is 16.8 Å². The summed E-state index contributed by atoms with van der Waals surface area (Å²) in [4.78, 5) is 0. The van der Waals surface area contributed by atoms with E-state index in [0.29, 0.717) is 0 Å². The Morgan fingerprint density at radius 1 is 0.485 bits per heavy atom. The average Bonchev–Trinajstić information content (AvgIpc) is 2.76. The van der Waals surface area contributed by atoms with Gasteiger partial charge in [-0.2, -0.15) is 8.42 Å². The summed E-state index contributed by atoms with van der Waals surface area (Å²) in [7, 11) is -3.80. The summed E-state index contributed by atoms with van der Waals surface area (Å²) in [6, 6.07) is 0. The summed E-state index contributed by atoms with van der Waals surface area (Å²) in [5.74, 6) is 0. The molecule has 0 aromatic rings. The maximum absolute atomic E-state index is 11.7. The van der Waals surface area contributed by atoms with Gasteiger partial charge in [0, 0.05) is 0 Å². The molecule has 0 spiro atoms. The van der Waals surface area contributed by atoms with Crippen LogP contribution in [-0.2, 0) is 18.8 Å². The van der Waals surface area contributed by atoms with Crippen LogP contribution < -0.4 is 0 Å². The summed E-state index contributed by atoms with van der Waals surface area (Å²) in [5.41, 5.74) is 0. The van der Waals surface area contributed by atoms with Crippen molar-refractivity contribution in [1.82, 2.24) is 0 Å². The molecule has 0 atom stereocenters. The number of rotatable bonds is 24. The molecule has 0 unspecified atom stereocenters. The minimum atomic E-state index is -3.80. The van der Waals surface area contributed by atoms with Crippen LogP contribution in [0.15, 0.2) is 0 Å². The third-order valence-corrected chi connectivity index (χ3v) is 6.36. The molecule has 4 nitrogen and oxygen atoms in total. The Hall–Kier alpha value is 1.45. The second-order valence-electron chi connectivity index (χ2n) is 8.52. The summed E-state index contributed by atoms with van der Waals surface area (Å²) in [6.07, 6.45) is 24.4. The fourth-order valence-corrected chi connectivity index (χ4v) is 4.25. The van der Waals surface area contributed by atoms with Crippen molar-refractivity contribution in [3.63, 3.8) is 0 Å². The number of halogens is 2. The van der Waals surface area contributed by atoms with E-state index in [2.05, 4.69) is 13.8 Å². The summed E-state index contributed by atoms with van der Waals surface area (Å²) >= 11 is 9.53. The molecule has 0 aliphatic carbocycles. The molecule has 0 amide bonds. The van der Waals surface area contributed by atoms with Crippen molar-refractivity contribution in [2.45, 2.75) is 142 Å². The number of unbranched alkanes of at least 4 members (excludes halogenated alkanes) is 18. The molecule has 0 aromatic carbocycles. The number of hydrogen-bond acceptors (Lipinski definition) is 4. The zero-order chi connectivity index (χ0) is 24.2. The second kappa shape index (κ2) is 33.4. The van der Waals surface area contributed by atoms with Gasteiger partial charge in [-0.25, -0.2) is 8.37 Å². The van der Waals surface area contributed by atoms with Crippen LogP contribution in [0.4, 0.5) is 0 Å². The van der Waals surface area contributed by atoms with Gasteiger partial charge in [-0.15, -0.1) is 23.2 Å². The van der Waals surface area contributed by atoms with E-state index in [0.717, 1.165) is 38.5 Å². The first-order chi connectivity index (χ1) is 15.5. The van der Waals surface area contributed by atoms with E-state index in [4.69, 9.17) is 31.6 Å². The first-order valence-electron chi connectivity index (χ1n) is 13.2. The van der Waals surface area contributed by atoms with Crippen LogP contribution in [-0.4, -0.2) is 56.5 Å². The van der Waals surface area contributed by atoms with Crippen molar-refractivity contribution >= 4 is 63.2 Å². The Balaban J connectivity index is -0.00000212. The predicted molar refractivity (Wildman–Crippen MR) is 148 cm³/mol. The van der Waals surface area contributed by atoms with Crippen LogP contribution in [0.2, 0.25) is 0 Å². The van der Waals surface area contributed by atoms with E-state index in [1.807, 2.05) is 0 Å². The molecule has 0 aliphatic rings. The van der Waals surface area contributed by atoms with Gasteiger partial charge in [0.1, 0.15) is 0 Å². The molecule has 0 bridgehead atoms. The fraction of sp³-hybridized carbons (Fsp3) is 1.00. The van der Waals surface area contributed by atoms with Crippen molar-refractivity contribution in [2.24, 2.45) is 0 Å². The van der Waals surface area contributed by atoms with Gasteiger partial charge in [-0.05, 0) is 12.8 Å². The summed E-state index contributed by atoms with van der Waals surface area (Å²) < 4.78 is 33.3. The Kier molecular flexibility index (Phi) is 39.5. The van der Waals surface area contributed by atoms with Crippen molar-refractivity contribution in [3.8, 4) is 0 Å². The van der Waals surface area contributed by atoms with Gasteiger partial charge >= 0.3 is 40.0 Å². The van der Waals surface area contributed by atoms with Crippen LogP contribution in [0.25, 0.3) is 0 Å². The zero-order valence-corrected chi connectivity index (χ0v) is 23.4. The Labute approximate surface area is 239 Å². The first kappa shape index (κ1) is 39.0. The quantitative estimate of drug-likeness (QED) is 0.0693. The molecule has 0 radical (unpaired) electrons. The number of alkyl halides is 2. The van der Waals surface area contributed by atoms with Crippen LogP contribution in [0, 0.1) is 0 Å². The van der Waals surface area contributed by atoms with Gasteiger partial charge in [-0.3, -0.25) is 0 Å². The first-order valence-corrected chi connectivity index (χ1v) is 15.6. The topological polar surface area (TPSA) is 52.6 Å².